The van der Waals surface area contributed by atoms with E-state index in [2.05, 4.69) is 10.6 Å². The van der Waals surface area contributed by atoms with E-state index in [0.29, 0.717) is 11.3 Å². The van der Waals surface area contributed by atoms with Crippen molar-refractivity contribution >= 4 is 29.4 Å². The molecule has 0 bridgehead atoms. The lowest BCUT2D eigenvalue weighted by molar-refractivity contribution is -0.152. The molecule has 0 spiro atoms. The average Bonchev–Trinajstić information content (AvgIpc) is 3.14. The van der Waals surface area contributed by atoms with Gasteiger partial charge in [0, 0.05) is 11.3 Å². The van der Waals surface area contributed by atoms with Crippen LogP contribution in [-0.4, -0.2) is 36.3 Å². The van der Waals surface area contributed by atoms with Gasteiger partial charge in [-0.15, -0.1) is 0 Å². The van der Waals surface area contributed by atoms with Crippen molar-refractivity contribution in [1.29, 1.82) is 0 Å². The van der Waals surface area contributed by atoms with Gasteiger partial charge in [-0.1, -0.05) is 0 Å². The van der Waals surface area contributed by atoms with Crippen LogP contribution in [0.3, 0.4) is 0 Å². The van der Waals surface area contributed by atoms with E-state index in [4.69, 9.17) is 14.9 Å². The third-order valence-electron chi connectivity index (χ3n) is 3.25. The van der Waals surface area contributed by atoms with Crippen molar-refractivity contribution in [3.8, 4) is 0 Å². The van der Waals surface area contributed by atoms with Gasteiger partial charge >= 0.3 is 5.97 Å². The van der Waals surface area contributed by atoms with Gasteiger partial charge in [0.15, 0.2) is 11.9 Å². The van der Waals surface area contributed by atoms with E-state index in [1.807, 2.05) is 0 Å². The quantitative estimate of drug-likeness (QED) is 0.621. The summed E-state index contributed by atoms with van der Waals surface area (Å²) in [6.45, 7) is 0.976. The Hall–Kier alpha value is -3.62. The molecule has 0 aliphatic heterocycles. The fraction of sp³-hybridized carbons (Fsp3) is 0.176. The molecular formula is C17H17N3O6. The summed E-state index contributed by atoms with van der Waals surface area (Å²) in [5.74, 6) is -2.44. The van der Waals surface area contributed by atoms with Crippen molar-refractivity contribution in [3.63, 3.8) is 0 Å². The van der Waals surface area contributed by atoms with Crippen molar-refractivity contribution in [3.05, 3.63) is 54.0 Å². The van der Waals surface area contributed by atoms with E-state index < -0.39 is 36.3 Å². The fourth-order valence-electron chi connectivity index (χ4n) is 1.90. The number of esters is 1. The number of hydrogen-bond donors (Lipinski definition) is 3. The number of nitrogens with one attached hydrogen (secondary N) is 2. The second-order valence-electron chi connectivity index (χ2n) is 5.22. The number of furan rings is 1. The van der Waals surface area contributed by atoms with Gasteiger partial charge in [-0.2, -0.15) is 0 Å². The van der Waals surface area contributed by atoms with Gasteiger partial charge < -0.3 is 25.5 Å². The minimum absolute atomic E-state index is 0.0583. The second-order valence-corrected chi connectivity index (χ2v) is 5.22. The number of carbonyl (C=O) groups is 4. The van der Waals surface area contributed by atoms with Crippen LogP contribution in [0.1, 0.15) is 27.8 Å². The minimum Gasteiger partial charge on any atom is -0.459 e. The first kappa shape index (κ1) is 18.7. The summed E-state index contributed by atoms with van der Waals surface area (Å²) >= 11 is 0. The van der Waals surface area contributed by atoms with Crippen molar-refractivity contribution in [1.82, 2.24) is 5.32 Å². The number of amides is 3. The molecule has 1 heterocycles. The van der Waals surface area contributed by atoms with Gasteiger partial charge in [0.05, 0.1) is 6.26 Å². The second kappa shape index (κ2) is 8.47. The zero-order valence-electron chi connectivity index (χ0n) is 13.9. The molecule has 1 aromatic heterocycles. The number of primary amides is 1. The summed E-state index contributed by atoms with van der Waals surface area (Å²) in [7, 11) is 0. The van der Waals surface area contributed by atoms with Crippen LogP contribution in [0, 0.1) is 0 Å². The van der Waals surface area contributed by atoms with Crippen LogP contribution in [0.5, 0.6) is 0 Å². The summed E-state index contributed by atoms with van der Waals surface area (Å²) in [4.78, 5) is 46.3. The predicted octanol–water partition coefficient (Wildman–Crippen LogP) is 0.679. The Bertz CT molecular complexity index is 798. The third-order valence-corrected chi connectivity index (χ3v) is 3.25. The predicted molar refractivity (Wildman–Crippen MR) is 90.2 cm³/mol. The number of carbonyl (C=O) groups excluding carboxylic acids is 4. The van der Waals surface area contributed by atoms with Crippen molar-refractivity contribution in [2.45, 2.75) is 13.0 Å². The first-order chi connectivity index (χ1) is 12.4. The molecule has 0 saturated carbocycles. The van der Waals surface area contributed by atoms with Crippen LogP contribution in [0.15, 0.2) is 47.1 Å². The monoisotopic (exact) mass is 359 g/mol. The summed E-state index contributed by atoms with van der Waals surface area (Å²) in [6.07, 6.45) is 0.245. The molecule has 1 unspecified atom stereocenters. The van der Waals surface area contributed by atoms with E-state index in [9.17, 15) is 19.2 Å². The fourth-order valence-corrected chi connectivity index (χ4v) is 1.90. The van der Waals surface area contributed by atoms with E-state index in [0.717, 1.165) is 0 Å². The number of anilines is 1. The van der Waals surface area contributed by atoms with Crippen LogP contribution in [-0.2, 0) is 14.3 Å². The van der Waals surface area contributed by atoms with Gasteiger partial charge in [-0.25, -0.2) is 0 Å². The Morgan fingerprint density at radius 2 is 1.85 bits per heavy atom. The molecule has 0 aliphatic rings. The number of benzene rings is 1. The Morgan fingerprint density at radius 1 is 1.15 bits per heavy atom. The molecular weight excluding hydrogens is 342 g/mol. The molecule has 0 fully saturated rings. The molecule has 3 amide bonds. The minimum atomic E-state index is -1.08. The van der Waals surface area contributed by atoms with Gasteiger partial charge in [0.25, 0.3) is 11.8 Å². The zero-order valence-corrected chi connectivity index (χ0v) is 13.9. The molecule has 1 aromatic carbocycles. The van der Waals surface area contributed by atoms with Gasteiger partial charge in [0.2, 0.25) is 5.91 Å². The molecule has 0 aliphatic carbocycles. The van der Waals surface area contributed by atoms with Crippen LogP contribution >= 0.6 is 0 Å². The highest BCUT2D eigenvalue weighted by atomic mass is 16.5. The van der Waals surface area contributed by atoms with E-state index in [-0.39, 0.29) is 5.76 Å². The van der Waals surface area contributed by atoms with Crippen molar-refractivity contribution < 1.29 is 28.3 Å². The molecule has 0 saturated heterocycles. The molecule has 0 radical (unpaired) electrons. The lowest BCUT2D eigenvalue weighted by Gasteiger charge is -2.14. The van der Waals surface area contributed by atoms with Gasteiger partial charge in [0.1, 0.15) is 6.54 Å². The highest BCUT2D eigenvalue weighted by Crippen LogP contribution is 2.10. The highest BCUT2D eigenvalue weighted by molar-refractivity contribution is 5.97. The Morgan fingerprint density at radius 3 is 2.42 bits per heavy atom. The highest BCUT2D eigenvalue weighted by Gasteiger charge is 2.19. The summed E-state index contributed by atoms with van der Waals surface area (Å²) < 4.78 is 9.82. The number of ether oxygens (including phenoxy) is 1. The Kier molecular flexibility index (Phi) is 6.10. The number of hydrogen-bond acceptors (Lipinski definition) is 6. The smallest absolute Gasteiger partial charge is 0.326 e. The third kappa shape index (κ3) is 5.20. The Labute approximate surface area is 148 Å². The number of rotatable bonds is 7. The van der Waals surface area contributed by atoms with E-state index >= 15 is 0 Å². The van der Waals surface area contributed by atoms with Crippen LogP contribution in [0.2, 0.25) is 0 Å². The first-order valence-electron chi connectivity index (χ1n) is 7.58. The van der Waals surface area contributed by atoms with Gasteiger partial charge in [-0.3, -0.25) is 19.2 Å². The van der Waals surface area contributed by atoms with Crippen LogP contribution < -0.4 is 16.4 Å². The maximum absolute atomic E-state index is 12.0. The van der Waals surface area contributed by atoms with E-state index in [1.165, 1.54) is 49.6 Å². The van der Waals surface area contributed by atoms with Crippen LogP contribution in [0.25, 0.3) is 0 Å². The summed E-state index contributed by atoms with van der Waals surface area (Å²) in [6, 6.07) is 8.89. The topological polar surface area (TPSA) is 141 Å². The molecule has 26 heavy (non-hydrogen) atoms. The maximum atomic E-state index is 12.0. The lowest BCUT2D eigenvalue weighted by atomic mass is 10.2. The molecule has 1 atom stereocenters. The summed E-state index contributed by atoms with van der Waals surface area (Å²) in [5, 5.41) is 4.84. The molecule has 136 valence electrons. The zero-order chi connectivity index (χ0) is 19.1. The molecule has 4 N–H and O–H groups in total. The lowest BCUT2D eigenvalue weighted by Crippen LogP contribution is -2.35. The van der Waals surface area contributed by atoms with Crippen molar-refractivity contribution in [2.75, 3.05) is 11.9 Å². The van der Waals surface area contributed by atoms with Crippen molar-refractivity contribution in [2.24, 2.45) is 5.73 Å². The SMILES string of the molecule is CC(OC(=O)CNC(=O)c1ccco1)C(=O)Nc1ccc(C(N)=O)cc1. The standard InChI is InChI=1S/C17H17N3O6/c1-10(16(23)20-12-6-4-11(5-7-12)15(18)22)26-14(21)9-19-17(24)13-3-2-8-25-13/h2-8,10H,9H2,1H3,(H2,18,22)(H,19,24)(H,20,23). The van der Waals surface area contributed by atoms with Gasteiger partial charge in [-0.05, 0) is 43.3 Å². The molecule has 2 aromatic rings. The largest absolute Gasteiger partial charge is 0.459 e. The van der Waals surface area contributed by atoms with E-state index in [1.54, 1.807) is 0 Å². The normalized spacial score (nSPS) is 11.3. The molecule has 9 nitrogen and oxygen atoms in total. The average molecular weight is 359 g/mol. The molecule has 9 heteroatoms. The van der Waals surface area contributed by atoms with Crippen LogP contribution in [0.4, 0.5) is 5.69 Å². The Balaban J connectivity index is 1.79. The molecule has 2 rings (SSSR count). The number of nitrogens with two attached hydrogens (primary N) is 1. The maximum Gasteiger partial charge on any atom is 0.326 e. The first-order valence-corrected chi connectivity index (χ1v) is 7.58. The summed E-state index contributed by atoms with van der Waals surface area (Å²) in [5.41, 5.74) is 5.84.